The minimum absolute atomic E-state index is 0.00121. The van der Waals surface area contributed by atoms with E-state index < -0.39 is 10.0 Å². The largest absolute Gasteiger partial charge is 0.396 e. The highest BCUT2D eigenvalue weighted by Gasteiger charge is 2.25. The quantitative estimate of drug-likeness (QED) is 0.398. The smallest absolute Gasteiger partial charge is 0.225 e. The van der Waals surface area contributed by atoms with Crippen LogP contribution < -0.4 is 4.90 Å². The second-order valence-electron chi connectivity index (χ2n) is 10.3. The molecule has 1 aromatic carbocycles. The van der Waals surface area contributed by atoms with Crippen LogP contribution in [0.15, 0.2) is 36.7 Å². The third-order valence-electron chi connectivity index (χ3n) is 7.52. The topological polar surface area (TPSA) is 99.5 Å². The Hall–Kier alpha value is -2.40. The van der Waals surface area contributed by atoms with Crippen molar-refractivity contribution in [2.24, 2.45) is 5.92 Å². The van der Waals surface area contributed by atoms with Crippen LogP contribution in [0, 0.1) is 5.92 Å². The number of piperidine rings is 1. The minimum atomic E-state index is -3.31. The van der Waals surface area contributed by atoms with E-state index in [0.29, 0.717) is 25.4 Å². The molecule has 0 spiro atoms. The summed E-state index contributed by atoms with van der Waals surface area (Å²) in [4.78, 5) is 16.4. The zero-order valence-corrected chi connectivity index (χ0v) is 23.7. The molecule has 3 aromatic rings. The number of hydrogen-bond acceptors (Lipinski definition) is 8. The van der Waals surface area contributed by atoms with Crippen molar-refractivity contribution in [2.75, 3.05) is 43.4 Å². The number of sulfonamides is 1. The molecule has 2 aromatic heterocycles. The van der Waals surface area contributed by atoms with E-state index in [-0.39, 0.29) is 18.8 Å². The van der Waals surface area contributed by atoms with E-state index in [4.69, 9.17) is 10.1 Å². The Balaban J connectivity index is 1.18. The second-order valence-corrected chi connectivity index (χ2v) is 13.5. The maximum Gasteiger partial charge on any atom is 0.225 e. The van der Waals surface area contributed by atoms with Crippen molar-refractivity contribution in [1.82, 2.24) is 19.3 Å². The number of aliphatic hydroxyl groups is 1. The number of nitrogens with zero attached hydrogens (tertiary/aromatic N) is 5. The van der Waals surface area contributed by atoms with Crippen LogP contribution in [0.5, 0.6) is 0 Å². The number of benzene rings is 1. The van der Waals surface area contributed by atoms with Crippen LogP contribution in [-0.2, 0) is 22.9 Å². The van der Waals surface area contributed by atoms with Gasteiger partial charge in [-0.1, -0.05) is 25.5 Å². The van der Waals surface area contributed by atoms with Gasteiger partial charge in [-0.2, -0.15) is 4.31 Å². The predicted octanol–water partition coefficient (Wildman–Crippen LogP) is 4.30. The number of aliphatic hydroxyl groups excluding tert-OH is 1. The van der Waals surface area contributed by atoms with Gasteiger partial charge >= 0.3 is 0 Å². The maximum absolute atomic E-state index is 12.4. The Morgan fingerprint density at radius 3 is 2.61 bits per heavy atom. The lowest BCUT2D eigenvalue weighted by Crippen LogP contribution is -2.36. The molecule has 38 heavy (non-hydrogen) atoms. The first-order valence-corrected chi connectivity index (χ1v) is 16.1. The zero-order chi connectivity index (χ0) is 26.5. The Bertz CT molecular complexity index is 1360. The number of hydrogen-bond donors (Lipinski definition) is 1. The zero-order valence-electron chi connectivity index (χ0n) is 22.1. The Morgan fingerprint density at radius 2 is 1.92 bits per heavy atom. The molecule has 0 amide bonds. The van der Waals surface area contributed by atoms with Crippen LogP contribution >= 0.6 is 11.3 Å². The molecule has 0 bridgehead atoms. The van der Waals surface area contributed by atoms with Gasteiger partial charge in [0.25, 0.3) is 0 Å². The summed E-state index contributed by atoms with van der Waals surface area (Å²) >= 11 is 1.78. The van der Waals surface area contributed by atoms with Crippen LogP contribution in [0.3, 0.4) is 0 Å². The molecule has 1 saturated heterocycles. The van der Waals surface area contributed by atoms with Crippen molar-refractivity contribution in [2.45, 2.75) is 51.9 Å². The highest BCUT2D eigenvalue weighted by molar-refractivity contribution is 7.89. The number of aromatic nitrogens is 3. The lowest BCUT2D eigenvalue weighted by atomic mass is 9.94. The molecule has 4 heterocycles. The summed E-state index contributed by atoms with van der Waals surface area (Å²) in [7, 11) is -3.31. The molecule has 10 heteroatoms. The molecular formula is C28H37N5O3S2. The third kappa shape index (κ3) is 6.42. The Kier molecular flexibility index (Phi) is 8.72. The van der Waals surface area contributed by atoms with E-state index in [1.54, 1.807) is 11.3 Å². The van der Waals surface area contributed by atoms with E-state index >= 15 is 0 Å². The van der Waals surface area contributed by atoms with Gasteiger partial charge in [0, 0.05) is 51.6 Å². The normalized spacial score (nSPS) is 17.7. The van der Waals surface area contributed by atoms with E-state index in [2.05, 4.69) is 40.0 Å². The molecule has 1 fully saturated rings. The second kappa shape index (κ2) is 12.2. The number of fused-ring (bicyclic) bond motifs is 1. The van der Waals surface area contributed by atoms with Crippen LogP contribution in [0.2, 0.25) is 0 Å². The van der Waals surface area contributed by atoms with Crippen LogP contribution in [0.25, 0.3) is 15.8 Å². The first kappa shape index (κ1) is 27.2. The Labute approximate surface area is 229 Å². The fraction of sp³-hybridized carbons (Fsp3) is 0.536. The standard InChI is InChI=1S/C28H37N5O3S2/c1-2-4-22-19-29-28(30-20-22)32-11-7-21(8-12-32)17-27-31-25-6-5-24(18-26(25)37-27)23-9-13-33(14-10-23)38(35,36)16-3-15-34/h5-6,9,18-21,34H,2-4,7-8,10-17H2,1H3. The van der Waals surface area contributed by atoms with Gasteiger partial charge in [-0.3, -0.25) is 0 Å². The highest BCUT2D eigenvalue weighted by Crippen LogP contribution is 2.32. The molecule has 5 rings (SSSR count). The number of thiazole rings is 1. The number of aryl methyl sites for hydroxylation is 1. The van der Waals surface area contributed by atoms with Crippen LogP contribution in [0.1, 0.15) is 55.2 Å². The number of anilines is 1. The summed E-state index contributed by atoms with van der Waals surface area (Å²) in [5.41, 5.74) is 4.58. The van der Waals surface area contributed by atoms with Gasteiger partial charge in [-0.05, 0) is 66.9 Å². The van der Waals surface area contributed by atoms with Crippen molar-refractivity contribution < 1.29 is 13.5 Å². The van der Waals surface area contributed by atoms with Gasteiger partial charge in [-0.25, -0.2) is 23.4 Å². The average Bonchev–Trinajstić information content (AvgIpc) is 3.34. The summed E-state index contributed by atoms with van der Waals surface area (Å²) in [5.74, 6) is 1.46. The van der Waals surface area contributed by atoms with Crippen molar-refractivity contribution in [3.05, 3.63) is 52.8 Å². The van der Waals surface area contributed by atoms with E-state index in [0.717, 1.165) is 62.2 Å². The fourth-order valence-corrected chi connectivity index (χ4v) is 7.86. The summed E-state index contributed by atoms with van der Waals surface area (Å²) in [5, 5.41) is 10.2. The molecule has 0 unspecified atom stereocenters. The summed E-state index contributed by atoms with van der Waals surface area (Å²) in [6.07, 6.45) is 12.3. The highest BCUT2D eigenvalue weighted by atomic mass is 32.2. The SMILES string of the molecule is CCCc1cnc(N2CCC(Cc3nc4ccc(C5=CCN(S(=O)(=O)CCCO)CC5)cc4s3)CC2)nc1. The molecule has 204 valence electrons. The predicted molar refractivity (Wildman–Crippen MR) is 154 cm³/mol. The van der Waals surface area contributed by atoms with Gasteiger partial charge < -0.3 is 10.0 Å². The van der Waals surface area contributed by atoms with Gasteiger partial charge in [0.2, 0.25) is 16.0 Å². The molecule has 8 nitrogen and oxygen atoms in total. The molecule has 0 atom stereocenters. The number of rotatable bonds is 10. The van der Waals surface area contributed by atoms with Crippen molar-refractivity contribution in [3.8, 4) is 0 Å². The Morgan fingerprint density at radius 1 is 1.13 bits per heavy atom. The van der Waals surface area contributed by atoms with Gasteiger partial charge in [-0.15, -0.1) is 11.3 Å². The maximum atomic E-state index is 12.4. The van der Waals surface area contributed by atoms with Gasteiger partial charge in [0.15, 0.2) is 0 Å². The molecule has 0 aliphatic carbocycles. The van der Waals surface area contributed by atoms with E-state index in [1.807, 2.05) is 18.5 Å². The lowest BCUT2D eigenvalue weighted by Gasteiger charge is -2.31. The van der Waals surface area contributed by atoms with Crippen LogP contribution in [-0.4, -0.2) is 71.3 Å². The van der Waals surface area contributed by atoms with Gasteiger partial charge in [0.1, 0.15) is 0 Å². The van der Waals surface area contributed by atoms with Crippen molar-refractivity contribution in [3.63, 3.8) is 0 Å². The van der Waals surface area contributed by atoms with E-state index in [1.165, 1.54) is 25.1 Å². The molecule has 0 saturated carbocycles. The monoisotopic (exact) mass is 555 g/mol. The summed E-state index contributed by atoms with van der Waals surface area (Å²) in [6.45, 7) is 4.90. The molecule has 0 radical (unpaired) electrons. The van der Waals surface area contributed by atoms with Gasteiger partial charge in [0.05, 0.1) is 21.0 Å². The molecular weight excluding hydrogens is 518 g/mol. The van der Waals surface area contributed by atoms with E-state index in [9.17, 15) is 8.42 Å². The molecule has 2 aliphatic rings. The van der Waals surface area contributed by atoms with Crippen LogP contribution in [0.4, 0.5) is 5.95 Å². The first-order chi connectivity index (χ1) is 18.4. The van der Waals surface area contributed by atoms with Crippen molar-refractivity contribution >= 4 is 43.1 Å². The summed E-state index contributed by atoms with van der Waals surface area (Å²) in [6, 6.07) is 6.41. The fourth-order valence-electron chi connectivity index (χ4n) is 5.31. The third-order valence-corrected chi connectivity index (χ3v) is 10.5. The average molecular weight is 556 g/mol. The summed E-state index contributed by atoms with van der Waals surface area (Å²) < 4.78 is 27.6. The van der Waals surface area contributed by atoms with Crippen molar-refractivity contribution in [1.29, 1.82) is 0 Å². The lowest BCUT2D eigenvalue weighted by molar-refractivity contribution is 0.294. The minimum Gasteiger partial charge on any atom is -0.396 e. The molecule has 2 aliphatic heterocycles. The molecule has 1 N–H and O–H groups in total. The first-order valence-electron chi connectivity index (χ1n) is 13.7.